The van der Waals surface area contributed by atoms with E-state index in [4.69, 9.17) is 29.7 Å². The summed E-state index contributed by atoms with van der Waals surface area (Å²) in [6, 6.07) is 8.91. The van der Waals surface area contributed by atoms with E-state index in [9.17, 15) is 59.5 Å². The van der Waals surface area contributed by atoms with Crippen LogP contribution < -0.4 is 26.8 Å². The molecule has 2 aromatic carbocycles. The molecule has 0 bridgehead atoms. The van der Waals surface area contributed by atoms with E-state index in [0.717, 1.165) is 33.7 Å². The monoisotopic (exact) mass is 1200 g/mol. The number of rotatable bonds is 24. The molecule has 5 heterocycles. The quantitative estimate of drug-likeness (QED) is 0.0158. The number of imidazole rings is 1. The highest BCUT2D eigenvalue weighted by atomic mass is 32.2. The standard InChI is InChI=1S/C47H61N9O20P2S2/c1-46(2)30-24-28(79(66,67)68)15-17-32(30)54(35(46)12-8-6-9-13-36-47(3,4)31-25-29(80(69,70)71)16-18-33(31)55(36)22-23-72-5)21-11-7-10-14-37(57)49-19-20-50-45(60)75-40-34(26-73-78(64,65)76-77(61,62)63)74-43(39(40)58)56-27-51-38-41(56)52-44(48)53-42(38)59/h6,8-9,12-13,15-18,24-25,27,34,39-40,43,58H,7,10-11,14,19-23,26H2,1-5H3,(H9-,48,49,50,52,53,57,59,60,61,62,63,64,65,66,67,68,69,70,71)/p+1/t34-,39-,40-,43-/m1/s1. The number of ether oxygens (including phenoxy) is 3. The number of hydrogen-bond acceptors (Lipinski definition) is 19. The summed E-state index contributed by atoms with van der Waals surface area (Å²) in [6.07, 6.45) is 4.33. The van der Waals surface area contributed by atoms with Crippen molar-refractivity contribution in [1.82, 2.24) is 30.2 Å². The maximum absolute atomic E-state index is 13.0. The Morgan fingerprint density at radius 3 is 2.29 bits per heavy atom. The molecule has 4 aromatic rings. The minimum absolute atomic E-state index is 0.0698. The number of carbonyl (C=O) groups excluding carboxylic acids is 2. The number of phosphoric acid groups is 2. The number of hydrogen-bond donors (Lipinski definition) is 10. The van der Waals surface area contributed by atoms with Gasteiger partial charge in [-0.05, 0) is 68.7 Å². The second kappa shape index (κ2) is 24.2. The molecule has 0 saturated carbocycles. The highest BCUT2D eigenvalue weighted by Gasteiger charge is 2.50. The molecule has 436 valence electrons. The molecule has 11 N–H and O–H groups in total. The second-order valence-electron chi connectivity index (χ2n) is 19.7. The first kappa shape index (κ1) is 61.6. The summed E-state index contributed by atoms with van der Waals surface area (Å²) < 4.78 is 120. The molecule has 29 nitrogen and oxygen atoms in total. The van der Waals surface area contributed by atoms with Crippen LogP contribution in [0.15, 0.2) is 93.4 Å². The predicted molar refractivity (Wildman–Crippen MR) is 285 cm³/mol. The van der Waals surface area contributed by atoms with Gasteiger partial charge in [0.2, 0.25) is 17.5 Å². The van der Waals surface area contributed by atoms with Crippen LogP contribution in [-0.4, -0.2) is 152 Å². The highest BCUT2D eigenvalue weighted by Crippen LogP contribution is 2.58. The third-order valence-corrected chi connectivity index (χ3v) is 17.3. The van der Waals surface area contributed by atoms with Crippen LogP contribution in [0.3, 0.4) is 0 Å². The van der Waals surface area contributed by atoms with Crippen molar-refractivity contribution in [2.75, 3.05) is 57.1 Å². The average Bonchev–Trinajstić information content (AvgIpc) is 4.10. The summed E-state index contributed by atoms with van der Waals surface area (Å²) in [4.78, 5) is 77.8. The van der Waals surface area contributed by atoms with Crippen LogP contribution in [0.2, 0.25) is 0 Å². The molecule has 3 aliphatic heterocycles. The van der Waals surface area contributed by atoms with Crippen molar-refractivity contribution in [3.63, 3.8) is 0 Å². The number of phosphoric ester groups is 1. The zero-order chi connectivity index (χ0) is 58.8. The molecule has 80 heavy (non-hydrogen) atoms. The number of aromatic amines is 1. The van der Waals surface area contributed by atoms with Crippen LogP contribution in [0.25, 0.3) is 11.2 Å². The molecule has 0 spiro atoms. The van der Waals surface area contributed by atoms with Crippen molar-refractivity contribution >= 4 is 82.1 Å². The lowest BCUT2D eigenvalue weighted by Crippen LogP contribution is -2.42. The van der Waals surface area contributed by atoms with Gasteiger partial charge in [-0.1, -0.05) is 32.1 Å². The molecule has 5 atom stereocenters. The first-order chi connectivity index (χ1) is 37.3. The molecule has 2 aromatic heterocycles. The Hall–Kier alpha value is -6.02. The second-order valence-corrected chi connectivity index (χ2v) is 25.3. The van der Waals surface area contributed by atoms with Crippen LogP contribution in [0, 0.1) is 0 Å². The van der Waals surface area contributed by atoms with Crippen molar-refractivity contribution in [2.24, 2.45) is 0 Å². The zero-order valence-corrected chi connectivity index (χ0v) is 47.2. The topological polar surface area (TPSA) is 424 Å². The summed E-state index contributed by atoms with van der Waals surface area (Å²) in [5, 5.41) is 16.3. The van der Waals surface area contributed by atoms with Gasteiger partial charge in [-0.15, -0.1) is 0 Å². The summed E-state index contributed by atoms with van der Waals surface area (Å²) in [5.41, 5.74) is 7.72. The number of nitrogen functional groups attached to an aromatic ring is 1. The van der Waals surface area contributed by atoms with Crippen molar-refractivity contribution in [3.05, 3.63) is 100 Å². The van der Waals surface area contributed by atoms with Gasteiger partial charge in [0.05, 0.1) is 34.7 Å². The van der Waals surface area contributed by atoms with Gasteiger partial charge in [0.15, 0.2) is 29.2 Å². The van der Waals surface area contributed by atoms with E-state index in [-0.39, 0.29) is 52.3 Å². The number of nitrogens with zero attached hydrogens (tertiary/aromatic N) is 5. The van der Waals surface area contributed by atoms with Crippen LogP contribution in [0.4, 0.5) is 22.1 Å². The van der Waals surface area contributed by atoms with Crippen molar-refractivity contribution in [2.45, 2.75) is 98.5 Å². The number of unbranched alkanes of at least 4 members (excludes halogenated alkanes) is 2. The van der Waals surface area contributed by atoms with Gasteiger partial charge in [0, 0.05) is 74.1 Å². The minimum Gasteiger partial charge on any atom is -0.440 e. The smallest absolute Gasteiger partial charge is 0.440 e. The molecule has 7 rings (SSSR count). The molecule has 0 aliphatic carbocycles. The SMILES string of the molecule is COCCN1C(=CC=CC=CC2=[N+](CCCCCC(=O)NCCNC(=O)O[C@H]3[C@@H](O)[C@H](n4cnc5c(=O)[nH]c(N)nc54)O[C@@H]3COP(=O)(O)OP(=O)(O)O)c3ccc(S(=O)(=O)O)cc3C2(C)C)C(C)(C)c2cc(S(=O)(=O)O)ccc21. The Kier molecular flexibility index (Phi) is 18.6. The van der Waals surface area contributed by atoms with Gasteiger partial charge >= 0.3 is 21.7 Å². The summed E-state index contributed by atoms with van der Waals surface area (Å²) in [5.74, 6) is -0.667. The van der Waals surface area contributed by atoms with Gasteiger partial charge < -0.3 is 55.3 Å². The van der Waals surface area contributed by atoms with E-state index in [2.05, 4.69) is 39.0 Å². The summed E-state index contributed by atoms with van der Waals surface area (Å²) in [7, 11) is -18.4. The van der Waals surface area contributed by atoms with E-state index >= 15 is 0 Å². The summed E-state index contributed by atoms with van der Waals surface area (Å²) >= 11 is 0. The number of anilines is 2. The maximum Gasteiger partial charge on any atom is 0.481 e. The van der Waals surface area contributed by atoms with E-state index < -0.39 is 89.5 Å². The summed E-state index contributed by atoms with van der Waals surface area (Å²) in [6.45, 7) is 7.81. The Balaban J connectivity index is 0.951. The number of aliphatic hydroxyl groups is 1. The molecule has 3 aliphatic rings. The first-order valence-electron chi connectivity index (χ1n) is 24.6. The minimum atomic E-state index is -5.53. The van der Waals surface area contributed by atoms with Crippen molar-refractivity contribution in [3.8, 4) is 0 Å². The Morgan fingerprint density at radius 2 is 1.61 bits per heavy atom. The lowest BCUT2D eigenvalue weighted by atomic mass is 9.81. The number of amides is 2. The number of fused-ring (bicyclic) bond motifs is 3. The molecule has 1 saturated heterocycles. The van der Waals surface area contributed by atoms with Gasteiger partial charge in [-0.25, -0.2) is 18.9 Å². The van der Waals surface area contributed by atoms with Crippen LogP contribution in [-0.2, 0) is 68.0 Å². The fourth-order valence-corrected chi connectivity index (χ4v) is 12.3. The van der Waals surface area contributed by atoms with Crippen LogP contribution >= 0.6 is 15.6 Å². The number of aliphatic hydroxyl groups excluding tert-OH is 1. The van der Waals surface area contributed by atoms with E-state index in [1.165, 1.54) is 24.3 Å². The lowest BCUT2D eigenvalue weighted by Gasteiger charge is -2.26. The Bertz CT molecular complexity index is 3560. The molecular formula is C47H62N9O20P2S2+. The predicted octanol–water partition coefficient (Wildman–Crippen LogP) is 2.97. The maximum atomic E-state index is 13.0. The van der Waals surface area contributed by atoms with Crippen LogP contribution in [0.5, 0.6) is 0 Å². The number of allylic oxidation sites excluding steroid dienone is 6. The number of aromatic nitrogens is 4. The molecule has 2 amide bonds. The van der Waals surface area contributed by atoms with Crippen LogP contribution in [0.1, 0.15) is 70.7 Å². The fraction of sp³-hybridized carbons (Fsp3) is 0.447. The third-order valence-electron chi connectivity index (χ3n) is 13.5. The number of H-pyrrole nitrogens is 1. The van der Waals surface area contributed by atoms with E-state index in [1.807, 2.05) is 63.0 Å². The Labute approximate surface area is 458 Å². The van der Waals surface area contributed by atoms with Gasteiger partial charge in [0.25, 0.3) is 25.8 Å². The molecule has 1 unspecified atom stereocenters. The fourth-order valence-electron chi connectivity index (χ4n) is 9.69. The van der Waals surface area contributed by atoms with Crippen molar-refractivity contribution in [1.29, 1.82) is 0 Å². The van der Waals surface area contributed by atoms with Gasteiger partial charge in [-0.3, -0.25) is 32.8 Å². The van der Waals surface area contributed by atoms with Gasteiger partial charge in [0.1, 0.15) is 18.8 Å². The number of alkyl carbamates (subject to hydrolysis) is 1. The normalized spacial score (nSPS) is 21.2. The molecule has 33 heteroatoms. The zero-order valence-electron chi connectivity index (χ0n) is 43.7. The van der Waals surface area contributed by atoms with E-state index in [0.29, 0.717) is 50.1 Å². The number of methoxy groups -OCH3 is 1. The largest absolute Gasteiger partial charge is 0.481 e. The first-order valence-corrected chi connectivity index (χ1v) is 30.5. The molecule has 0 radical (unpaired) electrons. The van der Waals surface area contributed by atoms with E-state index in [1.54, 1.807) is 19.2 Å². The number of benzene rings is 2. The van der Waals surface area contributed by atoms with Crippen molar-refractivity contribution < 1.29 is 92.1 Å². The number of carbonyl (C=O) groups is 2. The Morgan fingerprint density at radius 1 is 0.938 bits per heavy atom. The lowest BCUT2D eigenvalue weighted by molar-refractivity contribution is -0.438. The highest BCUT2D eigenvalue weighted by molar-refractivity contribution is 7.86. The number of nitrogens with one attached hydrogen (secondary N) is 3. The number of nitrogens with two attached hydrogens (primary N) is 1. The molecular weight excluding hydrogens is 1140 g/mol. The third kappa shape index (κ3) is 14.2. The molecule has 1 fully saturated rings. The van der Waals surface area contributed by atoms with Gasteiger partial charge in [-0.2, -0.15) is 30.7 Å². The average molecular weight is 1200 g/mol.